The third kappa shape index (κ3) is 2.83. The quantitative estimate of drug-likeness (QED) is 0.796. The average Bonchev–Trinajstić information content (AvgIpc) is 2.87. The first kappa shape index (κ1) is 15.7. The Morgan fingerprint density at radius 3 is 2.73 bits per heavy atom. The van der Waals surface area contributed by atoms with E-state index in [-0.39, 0.29) is 5.82 Å². The second-order valence-corrected chi connectivity index (χ2v) is 6.55. The molecular weight excluding hydrogens is 345 g/mol. The lowest BCUT2D eigenvalue weighted by molar-refractivity contribution is -0.0128. The Bertz CT molecular complexity index is 659. The van der Waals surface area contributed by atoms with Crippen molar-refractivity contribution in [1.29, 1.82) is 0 Å². The van der Waals surface area contributed by atoms with Gasteiger partial charge in [-0.2, -0.15) is 0 Å². The second kappa shape index (κ2) is 6.49. The maximum Gasteiger partial charge on any atom is 0.123 e. The summed E-state index contributed by atoms with van der Waals surface area (Å²) in [6, 6.07) is 13.0. The molecule has 0 saturated carbocycles. The molecule has 22 heavy (non-hydrogen) atoms. The molecule has 0 radical (unpaired) electrons. The van der Waals surface area contributed by atoms with Gasteiger partial charge in [-0.1, -0.05) is 34.1 Å². The van der Waals surface area contributed by atoms with Crippen LogP contribution in [0.5, 0.6) is 0 Å². The molecule has 0 aromatic heterocycles. The van der Waals surface area contributed by atoms with Crippen LogP contribution in [0.15, 0.2) is 46.9 Å². The number of benzene rings is 2. The summed E-state index contributed by atoms with van der Waals surface area (Å²) >= 11 is 3.52. The van der Waals surface area contributed by atoms with Gasteiger partial charge in [-0.3, -0.25) is 0 Å². The largest absolute Gasteiger partial charge is 0.361 e. The van der Waals surface area contributed by atoms with E-state index < -0.39 is 5.60 Å². The first-order valence-corrected chi connectivity index (χ1v) is 8.28. The summed E-state index contributed by atoms with van der Waals surface area (Å²) < 4.78 is 20.6. The lowest BCUT2D eigenvalue weighted by Gasteiger charge is -2.30. The highest BCUT2D eigenvalue weighted by Gasteiger charge is 2.41. The Morgan fingerprint density at radius 1 is 1.23 bits per heavy atom. The van der Waals surface area contributed by atoms with E-state index in [2.05, 4.69) is 33.4 Å². The summed E-state index contributed by atoms with van der Waals surface area (Å²) in [4.78, 5) is 0. The highest BCUT2D eigenvalue weighted by atomic mass is 79.9. The molecule has 1 aliphatic heterocycles. The summed E-state index contributed by atoms with van der Waals surface area (Å²) in [7, 11) is 1.95. The van der Waals surface area contributed by atoms with Crippen molar-refractivity contribution in [2.75, 3.05) is 13.6 Å². The van der Waals surface area contributed by atoms with Gasteiger partial charge >= 0.3 is 0 Å². The minimum absolute atomic E-state index is 0.219. The van der Waals surface area contributed by atoms with Crippen LogP contribution in [0.4, 0.5) is 4.39 Å². The Morgan fingerprint density at radius 2 is 2.00 bits per heavy atom. The van der Waals surface area contributed by atoms with Crippen LogP contribution in [0, 0.1) is 5.82 Å². The number of fused-ring (bicyclic) bond motifs is 1. The fourth-order valence-corrected chi connectivity index (χ4v) is 3.59. The number of nitrogens with one attached hydrogen (secondary N) is 1. The van der Waals surface area contributed by atoms with Crippen molar-refractivity contribution >= 4 is 15.9 Å². The van der Waals surface area contributed by atoms with Crippen LogP contribution in [-0.2, 0) is 16.9 Å². The summed E-state index contributed by atoms with van der Waals surface area (Å²) in [6.45, 7) is 1.52. The number of rotatable bonds is 5. The van der Waals surface area contributed by atoms with Crippen LogP contribution < -0.4 is 5.32 Å². The number of halogens is 2. The minimum atomic E-state index is -0.472. The second-order valence-electron chi connectivity index (χ2n) is 5.63. The van der Waals surface area contributed by atoms with Gasteiger partial charge in [0.25, 0.3) is 0 Å². The van der Waals surface area contributed by atoms with Crippen LogP contribution in [-0.4, -0.2) is 13.6 Å². The Labute approximate surface area is 138 Å². The van der Waals surface area contributed by atoms with Gasteiger partial charge in [-0.05, 0) is 67.4 Å². The van der Waals surface area contributed by atoms with E-state index in [9.17, 15) is 4.39 Å². The zero-order chi connectivity index (χ0) is 15.6. The van der Waals surface area contributed by atoms with Gasteiger partial charge < -0.3 is 10.1 Å². The van der Waals surface area contributed by atoms with Gasteiger partial charge in [0.05, 0.1) is 6.61 Å². The van der Waals surface area contributed by atoms with Gasteiger partial charge in [0, 0.05) is 4.47 Å². The summed E-state index contributed by atoms with van der Waals surface area (Å²) in [5, 5.41) is 3.18. The molecule has 1 unspecified atom stereocenters. The molecule has 1 aliphatic rings. The average molecular weight is 364 g/mol. The van der Waals surface area contributed by atoms with Crippen LogP contribution in [0.25, 0.3) is 0 Å². The van der Waals surface area contributed by atoms with E-state index in [0.717, 1.165) is 29.4 Å². The molecule has 0 bridgehead atoms. The lowest BCUT2D eigenvalue weighted by atomic mass is 9.82. The first-order valence-electron chi connectivity index (χ1n) is 7.49. The van der Waals surface area contributed by atoms with Gasteiger partial charge in [-0.15, -0.1) is 0 Å². The van der Waals surface area contributed by atoms with Gasteiger partial charge in [-0.25, -0.2) is 4.39 Å². The third-order valence-electron chi connectivity index (χ3n) is 4.24. The predicted octanol–water partition coefficient (Wildman–Crippen LogP) is 4.36. The van der Waals surface area contributed by atoms with Crippen molar-refractivity contribution in [3.8, 4) is 0 Å². The summed E-state index contributed by atoms with van der Waals surface area (Å²) in [5.74, 6) is -0.219. The SMILES string of the molecule is CNCCCC1(c2ccc(F)cc2)OCc2cc(Br)ccc21. The standard InChI is InChI=1S/C18H19BrFNO/c1-21-10-2-9-18(14-3-6-16(20)7-4-14)17-8-5-15(19)11-13(17)12-22-18/h3-8,11,21H,2,9-10,12H2,1H3. The van der Waals surface area contributed by atoms with E-state index in [1.54, 1.807) is 0 Å². The highest BCUT2D eigenvalue weighted by Crippen LogP contribution is 2.45. The number of hydrogen-bond donors (Lipinski definition) is 1. The first-order chi connectivity index (χ1) is 10.7. The van der Waals surface area contributed by atoms with Crippen molar-refractivity contribution < 1.29 is 9.13 Å². The molecule has 2 aromatic carbocycles. The van der Waals surface area contributed by atoms with E-state index >= 15 is 0 Å². The Kier molecular flexibility index (Phi) is 4.62. The van der Waals surface area contributed by atoms with Crippen LogP contribution in [0.3, 0.4) is 0 Å². The molecule has 0 spiro atoms. The maximum absolute atomic E-state index is 13.3. The monoisotopic (exact) mass is 363 g/mol. The highest BCUT2D eigenvalue weighted by molar-refractivity contribution is 9.10. The summed E-state index contributed by atoms with van der Waals surface area (Å²) in [5.41, 5.74) is 2.94. The van der Waals surface area contributed by atoms with Crippen molar-refractivity contribution in [2.45, 2.75) is 25.0 Å². The molecule has 3 rings (SSSR count). The molecule has 0 aliphatic carbocycles. The summed E-state index contributed by atoms with van der Waals surface area (Å²) in [6.07, 6.45) is 1.86. The van der Waals surface area contributed by atoms with Gasteiger partial charge in [0.2, 0.25) is 0 Å². The molecule has 1 N–H and O–H groups in total. The van der Waals surface area contributed by atoms with Crippen molar-refractivity contribution in [1.82, 2.24) is 5.32 Å². The topological polar surface area (TPSA) is 21.3 Å². The molecule has 2 nitrogen and oxygen atoms in total. The fraction of sp³-hybridized carbons (Fsp3) is 0.333. The van der Waals surface area contributed by atoms with Crippen LogP contribution in [0.2, 0.25) is 0 Å². The minimum Gasteiger partial charge on any atom is -0.361 e. The van der Waals surface area contributed by atoms with Crippen molar-refractivity contribution in [2.24, 2.45) is 0 Å². The molecule has 2 aromatic rings. The zero-order valence-electron chi connectivity index (χ0n) is 12.5. The van der Waals surface area contributed by atoms with E-state index in [1.165, 1.54) is 23.3 Å². The maximum atomic E-state index is 13.3. The van der Waals surface area contributed by atoms with Gasteiger partial charge in [0.1, 0.15) is 11.4 Å². The molecule has 0 amide bonds. The molecule has 0 saturated heterocycles. The normalized spacial score (nSPS) is 20.1. The third-order valence-corrected chi connectivity index (χ3v) is 4.74. The smallest absolute Gasteiger partial charge is 0.123 e. The predicted molar refractivity (Wildman–Crippen MR) is 89.3 cm³/mol. The molecule has 1 heterocycles. The Balaban J connectivity index is 2.04. The lowest BCUT2D eigenvalue weighted by Crippen LogP contribution is -2.28. The van der Waals surface area contributed by atoms with E-state index in [1.807, 2.05) is 25.2 Å². The molecule has 4 heteroatoms. The number of ether oxygens (including phenoxy) is 1. The molecule has 0 fully saturated rings. The van der Waals surface area contributed by atoms with E-state index in [0.29, 0.717) is 6.61 Å². The molecule has 116 valence electrons. The fourth-order valence-electron chi connectivity index (χ4n) is 3.18. The van der Waals surface area contributed by atoms with E-state index in [4.69, 9.17) is 4.74 Å². The van der Waals surface area contributed by atoms with Crippen molar-refractivity contribution in [3.05, 3.63) is 69.4 Å². The van der Waals surface area contributed by atoms with Crippen LogP contribution in [0.1, 0.15) is 29.5 Å². The van der Waals surface area contributed by atoms with Crippen LogP contribution >= 0.6 is 15.9 Å². The van der Waals surface area contributed by atoms with Crippen molar-refractivity contribution in [3.63, 3.8) is 0 Å². The van der Waals surface area contributed by atoms with Gasteiger partial charge in [0.15, 0.2) is 0 Å². The zero-order valence-corrected chi connectivity index (χ0v) is 14.1. The molecular formula is C18H19BrFNO. The Hall–Kier alpha value is -1.23. The number of hydrogen-bond acceptors (Lipinski definition) is 2. The molecule has 1 atom stereocenters.